The summed E-state index contributed by atoms with van der Waals surface area (Å²) in [7, 11) is 0. The van der Waals surface area contributed by atoms with Crippen molar-refractivity contribution in [3.63, 3.8) is 0 Å². The van der Waals surface area contributed by atoms with Gasteiger partial charge >= 0.3 is 6.18 Å². The van der Waals surface area contributed by atoms with Crippen LogP contribution in [0.4, 0.5) is 17.6 Å². The van der Waals surface area contributed by atoms with E-state index in [1.165, 1.54) is 23.1 Å². The van der Waals surface area contributed by atoms with Gasteiger partial charge in [0.15, 0.2) is 0 Å². The lowest BCUT2D eigenvalue weighted by Gasteiger charge is -2.25. The van der Waals surface area contributed by atoms with Crippen LogP contribution in [0.1, 0.15) is 40.4 Å². The Morgan fingerprint density at radius 3 is 2.54 bits per heavy atom. The Labute approximate surface area is 136 Å². The zero-order valence-corrected chi connectivity index (χ0v) is 12.7. The van der Waals surface area contributed by atoms with Crippen LogP contribution in [0.5, 0.6) is 0 Å². The molecule has 0 bridgehead atoms. The second kappa shape index (κ2) is 6.26. The van der Waals surface area contributed by atoms with Gasteiger partial charge in [0.2, 0.25) is 0 Å². The minimum Gasteiger partial charge on any atom is -0.331 e. The number of amides is 1. The second-order valence-electron chi connectivity index (χ2n) is 5.76. The van der Waals surface area contributed by atoms with Gasteiger partial charge in [0.25, 0.3) is 5.91 Å². The van der Waals surface area contributed by atoms with Gasteiger partial charge in [0.05, 0.1) is 11.6 Å². The fourth-order valence-electron chi connectivity index (χ4n) is 3.07. The van der Waals surface area contributed by atoms with Crippen LogP contribution in [0.3, 0.4) is 0 Å². The normalized spacial score (nSPS) is 18.0. The molecule has 0 unspecified atom stereocenters. The summed E-state index contributed by atoms with van der Waals surface area (Å²) in [5.41, 5.74) is -0.502. The van der Waals surface area contributed by atoms with Gasteiger partial charge in [-0.1, -0.05) is 24.3 Å². The van der Waals surface area contributed by atoms with E-state index in [-0.39, 0.29) is 5.56 Å². The van der Waals surface area contributed by atoms with E-state index >= 15 is 0 Å². The first-order chi connectivity index (χ1) is 11.4. The first-order valence-electron chi connectivity index (χ1n) is 7.60. The molecule has 6 heteroatoms. The van der Waals surface area contributed by atoms with Gasteiger partial charge in [0.1, 0.15) is 5.82 Å². The Morgan fingerprint density at radius 1 is 1.08 bits per heavy atom. The van der Waals surface area contributed by atoms with E-state index in [2.05, 4.69) is 0 Å². The lowest BCUT2D eigenvalue weighted by atomic mass is 10.0. The van der Waals surface area contributed by atoms with Crippen LogP contribution in [0.25, 0.3) is 0 Å². The molecule has 0 radical (unpaired) electrons. The van der Waals surface area contributed by atoms with E-state index in [0.717, 1.165) is 12.1 Å². The molecule has 1 amide bonds. The summed E-state index contributed by atoms with van der Waals surface area (Å²) in [5, 5.41) is 0. The molecule has 2 aromatic rings. The van der Waals surface area contributed by atoms with Crippen LogP contribution < -0.4 is 0 Å². The SMILES string of the molecule is O=C(c1cccc(C(F)(F)F)c1)N1CCC[C@@H]1c1ccccc1F. The predicted octanol–water partition coefficient (Wildman–Crippen LogP) is 4.82. The molecule has 1 aliphatic heterocycles. The van der Waals surface area contributed by atoms with Gasteiger partial charge in [-0.3, -0.25) is 4.79 Å². The molecule has 0 aromatic heterocycles. The third-order valence-corrected chi connectivity index (χ3v) is 4.21. The highest BCUT2D eigenvalue weighted by atomic mass is 19.4. The molecule has 0 spiro atoms. The van der Waals surface area contributed by atoms with Crippen molar-refractivity contribution >= 4 is 5.91 Å². The Morgan fingerprint density at radius 2 is 1.83 bits per heavy atom. The maximum Gasteiger partial charge on any atom is 0.416 e. The first-order valence-corrected chi connectivity index (χ1v) is 7.60. The summed E-state index contributed by atoms with van der Waals surface area (Å²) in [6.07, 6.45) is -3.23. The van der Waals surface area contributed by atoms with Crippen LogP contribution in [0.2, 0.25) is 0 Å². The summed E-state index contributed by atoms with van der Waals surface area (Å²) in [4.78, 5) is 14.1. The van der Waals surface area contributed by atoms with Gasteiger partial charge in [0, 0.05) is 17.7 Å². The standard InChI is InChI=1S/C18H15F4NO/c19-15-8-2-1-7-14(15)16-9-4-10-23(16)17(24)12-5-3-6-13(11-12)18(20,21)22/h1-3,5-8,11,16H,4,9-10H2/t16-/m1/s1. The number of nitrogens with zero attached hydrogens (tertiary/aromatic N) is 1. The van der Waals surface area contributed by atoms with E-state index < -0.39 is 29.5 Å². The van der Waals surface area contributed by atoms with Gasteiger partial charge in [-0.25, -0.2) is 4.39 Å². The maximum absolute atomic E-state index is 14.0. The molecule has 24 heavy (non-hydrogen) atoms. The molecule has 0 N–H and O–H groups in total. The smallest absolute Gasteiger partial charge is 0.331 e. The van der Waals surface area contributed by atoms with Crippen molar-refractivity contribution in [1.82, 2.24) is 4.90 Å². The Balaban J connectivity index is 1.91. The third kappa shape index (κ3) is 3.13. The molecule has 1 fully saturated rings. The van der Waals surface area contributed by atoms with Crippen molar-refractivity contribution in [2.75, 3.05) is 6.54 Å². The van der Waals surface area contributed by atoms with E-state index in [1.54, 1.807) is 18.2 Å². The zero-order valence-electron chi connectivity index (χ0n) is 12.7. The number of hydrogen-bond donors (Lipinski definition) is 0. The summed E-state index contributed by atoms with van der Waals surface area (Å²) in [5.74, 6) is -0.918. The third-order valence-electron chi connectivity index (χ3n) is 4.21. The summed E-state index contributed by atoms with van der Waals surface area (Å²) < 4.78 is 52.5. The van der Waals surface area contributed by atoms with Gasteiger partial charge in [-0.05, 0) is 37.1 Å². The lowest BCUT2D eigenvalue weighted by molar-refractivity contribution is -0.137. The van der Waals surface area contributed by atoms with Crippen molar-refractivity contribution in [2.24, 2.45) is 0 Å². The number of hydrogen-bond acceptors (Lipinski definition) is 1. The van der Waals surface area contributed by atoms with Crippen molar-refractivity contribution in [2.45, 2.75) is 25.1 Å². The predicted molar refractivity (Wildman–Crippen MR) is 80.9 cm³/mol. The van der Waals surface area contributed by atoms with Crippen molar-refractivity contribution in [3.05, 3.63) is 71.0 Å². The molecule has 2 aromatic carbocycles. The highest BCUT2D eigenvalue weighted by molar-refractivity contribution is 5.95. The van der Waals surface area contributed by atoms with Gasteiger partial charge < -0.3 is 4.90 Å². The first kappa shape index (κ1) is 16.5. The van der Waals surface area contributed by atoms with Crippen molar-refractivity contribution in [3.8, 4) is 0 Å². The van der Waals surface area contributed by atoms with Crippen molar-refractivity contribution < 1.29 is 22.4 Å². The Hall–Kier alpha value is -2.37. The molecule has 1 saturated heterocycles. The Bertz CT molecular complexity index is 757. The van der Waals surface area contributed by atoms with E-state index in [0.29, 0.717) is 24.9 Å². The summed E-state index contributed by atoms with van der Waals surface area (Å²) in [6.45, 7) is 0.397. The molecule has 1 aliphatic rings. The van der Waals surface area contributed by atoms with Crippen LogP contribution in [-0.2, 0) is 6.18 Å². The fraction of sp³-hybridized carbons (Fsp3) is 0.278. The quantitative estimate of drug-likeness (QED) is 0.719. The van der Waals surface area contributed by atoms with Crippen molar-refractivity contribution in [1.29, 1.82) is 0 Å². The molecule has 3 rings (SSSR count). The lowest BCUT2D eigenvalue weighted by Crippen LogP contribution is -2.31. The second-order valence-corrected chi connectivity index (χ2v) is 5.76. The minimum absolute atomic E-state index is 0.0342. The topological polar surface area (TPSA) is 20.3 Å². The van der Waals surface area contributed by atoms with Crippen LogP contribution in [-0.4, -0.2) is 17.4 Å². The summed E-state index contributed by atoms with van der Waals surface area (Å²) >= 11 is 0. The minimum atomic E-state index is -4.51. The fourth-order valence-corrected chi connectivity index (χ4v) is 3.07. The molecular formula is C18H15F4NO. The molecule has 2 nitrogen and oxygen atoms in total. The summed E-state index contributed by atoms with van der Waals surface area (Å²) in [6, 6.07) is 10.1. The van der Waals surface area contributed by atoms with E-state index in [4.69, 9.17) is 0 Å². The molecule has 1 atom stereocenters. The molecular weight excluding hydrogens is 322 g/mol. The average molecular weight is 337 g/mol. The number of carbonyl (C=O) groups excluding carboxylic acids is 1. The van der Waals surface area contributed by atoms with Gasteiger partial charge in [-0.2, -0.15) is 13.2 Å². The van der Waals surface area contributed by atoms with E-state index in [9.17, 15) is 22.4 Å². The highest BCUT2D eigenvalue weighted by Crippen LogP contribution is 2.35. The van der Waals surface area contributed by atoms with Crippen LogP contribution in [0, 0.1) is 5.82 Å². The number of rotatable bonds is 2. The molecule has 0 aliphatic carbocycles. The van der Waals surface area contributed by atoms with E-state index in [1.807, 2.05) is 0 Å². The number of carbonyl (C=O) groups is 1. The monoisotopic (exact) mass is 337 g/mol. The molecule has 0 saturated carbocycles. The zero-order chi connectivity index (χ0) is 17.3. The largest absolute Gasteiger partial charge is 0.416 e. The number of alkyl halides is 3. The molecule has 1 heterocycles. The molecule has 126 valence electrons. The average Bonchev–Trinajstić information content (AvgIpc) is 3.03. The van der Waals surface area contributed by atoms with Gasteiger partial charge in [-0.15, -0.1) is 0 Å². The maximum atomic E-state index is 14.0. The highest BCUT2D eigenvalue weighted by Gasteiger charge is 2.34. The number of halogens is 4. The number of benzene rings is 2. The van der Waals surface area contributed by atoms with Crippen LogP contribution >= 0.6 is 0 Å². The van der Waals surface area contributed by atoms with Crippen LogP contribution in [0.15, 0.2) is 48.5 Å². The number of likely N-dealkylation sites (tertiary alicyclic amines) is 1. The Kier molecular flexibility index (Phi) is 4.30.